The smallest absolute Gasteiger partial charge is 0.296 e. The number of carbonyl (C=O) groups is 1. The van der Waals surface area contributed by atoms with Gasteiger partial charge in [0, 0.05) is 14.1 Å². The average molecular weight is 253 g/mol. The van der Waals surface area contributed by atoms with Crippen molar-refractivity contribution >= 4 is 17.3 Å². The van der Waals surface area contributed by atoms with Crippen LogP contribution in [0.1, 0.15) is 0 Å². The van der Waals surface area contributed by atoms with Gasteiger partial charge in [0.1, 0.15) is 11.4 Å². The number of likely N-dealkylation sites (N-methyl/N-ethyl adjacent to an activating group) is 1. The zero-order valence-electron chi connectivity index (χ0n) is 10.5. The normalized spacial score (nSPS) is 9.72. The molecule has 1 N–H and O–H groups in total. The lowest BCUT2D eigenvalue weighted by atomic mass is 10.2. The second kappa shape index (κ2) is 5.85. The first-order valence-corrected chi connectivity index (χ1v) is 5.22. The molecule has 1 aromatic rings. The monoisotopic (exact) mass is 253 g/mol. The highest BCUT2D eigenvalue weighted by atomic mass is 16.6. The lowest BCUT2D eigenvalue weighted by Gasteiger charge is -2.12. The van der Waals surface area contributed by atoms with Gasteiger partial charge in [0.05, 0.1) is 24.6 Å². The quantitative estimate of drug-likeness (QED) is 0.627. The Morgan fingerprint density at radius 3 is 2.67 bits per heavy atom. The van der Waals surface area contributed by atoms with Crippen molar-refractivity contribution < 1.29 is 14.5 Å². The average Bonchev–Trinajstić information content (AvgIpc) is 2.35. The van der Waals surface area contributed by atoms with Crippen molar-refractivity contribution in [3.63, 3.8) is 0 Å². The number of ether oxygens (including phenoxy) is 1. The van der Waals surface area contributed by atoms with Crippen molar-refractivity contribution in [2.75, 3.05) is 33.1 Å². The molecule has 0 aliphatic carbocycles. The van der Waals surface area contributed by atoms with Crippen LogP contribution >= 0.6 is 0 Å². The second-order valence-corrected chi connectivity index (χ2v) is 3.78. The van der Waals surface area contributed by atoms with E-state index in [4.69, 9.17) is 4.74 Å². The number of nitrogens with zero attached hydrogens (tertiary/aromatic N) is 2. The fourth-order valence-electron chi connectivity index (χ4n) is 1.27. The molecule has 7 heteroatoms. The van der Waals surface area contributed by atoms with Gasteiger partial charge in [-0.25, -0.2) is 0 Å². The molecule has 0 saturated carbocycles. The first-order chi connectivity index (χ1) is 8.45. The van der Waals surface area contributed by atoms with E-state index in [0.29, 0.717) is 5.75 Å². The molecule has 98 valence electrons. The molecule has 1 aromatic carbocycles. The number of benzene rings is 1. The Bertz CT molecular complexity index is 460. The van der Waals surface area contributed by atoms with Crippen LogP contribution in [0.4, 0.5) is 11.4 Å². The molecule has 0 fully saturated rings. The van der Waals surface area contributed by atoms with Gasteiger partial charge in [-0.1, -0.05) is 0 Å². The van der Waals surface area contributed by atoms with Crippen LogP contribution in [0.2, 0.25) is 0 Å². The summed E-state index contributed by atoms with van der Waals surface area (Å²) in [5.41, 5.74) is 0.164. The highest BCUT2D eigenvalue weighted by molar-refractivity contribution is 5.81. The van der Waals surface area contributed by atoms with Crippen molar-refractivity contribution in [1.82, 2.24) is 4.90 Å². The summed E-state index contributed by atoms with van der Waals surface area (Å²) in [5, 5.41) is 13.6. The van der Waals surface area contributed by atoms with Crippen LogP contribution < -0.4 is 10.1 Å². The van der Waals surface area contributed by atoms with Crippen molar-refractivity contribution in [1.29, 1.82) is 0 Å². The molecule has 0 aromatic heterocycles. The fraction of sp³-hybridized carbons (Fsp3) is 0.364. The molecule has 18 heavy (non-hydrogen) atoms. The number of nitro benzene ring substituents is 1. The summed E-state index contributed by atoms with van der Waals surface area (Å²) in [7, 11) is 4.67. The Labute approximate surface area is 104 Å². The summed E-state index contributed by atoms with van der Waals surface area (Å²) in [6.07, 6.45) is 0. The van der Waals surface area contributed by atoms with Crippen molar-refractivity contribution in [2.24, 2.45) is 0 Å². The number of carbonyl (C=O) groups excluding carboxylic acids is 1. The number of methoxy groups -OCH3 is 1. The number of nitrogens with one attached hydrogen (secondary N) is 1. The van der Waals surface area contributed by atoms with Gasteiger partial charge in [-0.05, 0) is 12.1 Å². The zero-order valence-corrected chi connectivity index (χ0v) is 10.5. The Morgan fingerprint density at radius 2 is 2.17 bits per heavy atom. The molecule has 0 aliphatic heterocycles. The molecule has 0 radical (unpaired) electrons. The van der Waals surface area contributed by atoms with E-state index in [1.54, 1.807) is 20.2 Å². The third-order valence-electron chi connectivity index (χ3n) is 2.33. The molecule has 0 atom stereocenters. The van der Waals surface area contributed by atoms with E-state index in [2.05, 4.69) is 5.32 Å². The molecule has 0 aliphatic rings. The summed E-state index contributed by atoms with van der Waals surface area (Å²) < 4.78 is 4.92. The molecule has 1 amide bonds. The number of anilines is 1. The Hall–Kier alpha value is -2.31. The molecule has 0 bridgehead atoms. The maximum absolute atomic E-state index is 11.4. The number of rotatable bonds is 5. The van der Waals surface area contributed by atoms with E-state index in [0.717, 1.165) is 0 Å². The topological polar surface area (TPSA) is 84.7 Å². The number of amides is 1. The van der Waals surface area contributed by atoms with Gasteiger partial charge in [-0.3, -0.25) is 14.9 Å². The predicted molar refractivity (Wildman–Crippen MR) is 66.8 cm³/mol. The minimum absolute atomic E-state index is 0.000167. The lowest BCUT2D eigenvalue weighted by molar-refractivity contribution is -0.384. The van der Waals surface area contributed by atoms with E-state index in [-0.39, 0.29) is 23.8 Å². The first kappa shape index (κ1) is 13.8. The van der Waals surface area contributed by atoms with Gasteiger partial charge < -0.3 is 15.0 Å². The van der Waals surface area contributed by atoms with Crippen molar-refractivity contribution in [2.45, 2.75) is 0 Å². The van der Waals surface area contributed by atoms with Crippen LogP contribution in [0.25, 0.3) is 0 Å². The van der Waals surface area contributed by atoms with E-state index in [1.165, 1.54) is 24.1 Å². The maximum atomic E-state index is 11.4. The standard InChI is InChI=1S/C11H15N3O4/c1-13(2)11(15)7-12-9-5-4-8(18-3)6-10(9)14(16)17/h4-6,12H,7H2,1-3H3. The summed E-state index contributed by atoms with van der Waals surface area (Å²) >= 11 is 0. The number of hydrogen-bond acceptors (Lipinski definition) is 5. The van der Waals surface area contributed by atoms with E-state index < -0.39 is 4.92 Å². The summed E-state index contributed by atoms with van der Waals surface area (Å²) in [6, 6.07) is 4.41. The van der Waals surface area contributed by atoms with Crippen molar-refractivity contribution in [3.8, 4) is 5.75 Å². The van der Waals surface area contributed by atoms with Crippen LogP contribution in [0.15, 0.2) is 18.2 Å². The van der Waals surface area contributed by atoms with Gasteiger partial charge in [0.15, 0.2) is 0 Å². The summed E-state index contributed by atoms with van der Waals surface area (Å²) in [6.45, 7) is 0.000167. The van der Waals surface area contributed by atoms with Gasteiger partial charge in [-0.15, -0.1) is 0 Å². The highest BCUT2D eigenvalue weighted by Gasteiger charge is 2.16. The van der Waals surface area contributed by atoms with Gasteiger partial charge >= 0.3 is 0 Å². The molecule has 0 spiro atoms. The second-order valence-electron chi connectivity index (χ2n) is 3.78. The third-order valence-corrected chi connectivity index (χ3v) is 2.33. The summed E-state index contributed by atoms with van der Waals surface area (Å²) in [4.78, 5) is 23.2. The number of hydrogen-bond donors (Lipinski definition) is 1. The Morgan fingerprint density at radius 1 is 1.50 bits per heavy atom. The summed E-state index contributed by atoms with van der Waals surface area (Å²) in [5.74, 6) is 0.228. The van der Waals surface area contributed by atoms with Crippen LogP contribution in [-0.4, -0.2) is 43.5 Å². The number of nitro groups is 1. The molecule has 0 unspecified atom stereocenters. The highest BCUT2D eigenvalue weighted by Crippen LogP contribution is 2.28. The van der Waals surface area contributed by atoms with E-state index in [9.17, 15) is 14.9 Å². The van der Waals surface area contributed by atoms with E-state index in [1.807, 2.05) is 0 Å². The predicted octanol–water partition coefficient (Wildman–Crippen LogP) is 1.10. The van der Waals surface area contributed by atoms with E-state index >= 15 is 0 Å². The van der Waals surface area contributed by atoms with Gasteiger partial charge in [0.2, 0.25) is 5.91 Å². The molecule has 7 nitrogen and oxygen atoms in total. The maximum Gasteiger partial charge on any atom is 0.296 e. The minimum atomic E-state index is -0.523. The lowest BCUT2D eigenvalue weighted by Crippen LogP contribution is -2.28. The van der Waals surface area contributed by atoms with Gasteiger partial charge in [0.25, 0.3) is 5.69 Å². The fourth-order valence-corrected chi connectivity index (χ4v) is 1.27. The zero-order chi connectivity index (χ0) is 13.7. The molecule has 0 saturated heterocycles. The molecule has 0 heterocycles. The largest absolute Gasteiger partial charge is 0.496 e. The Balaban J connectivity index is 2.88. The Kier molecular flexibility index (Phi) is 4.47. The van der Waals surface area contributed by atoms with Crippen LogP contribution in [-0.2, 0) is 4.79 Å². The third kappa shape index (κ3) is 3.34. The van der Waals surface area contributed by atoms with Gasteiger partial charge in [-0.2, -0.15) is 0 Å². The van der Waals surface area contributed by atoms with Crippen LogP contribution in [0.5, 0.6) is 5.75 Å². The van der Waals surface area contributed by atoms with Crippen LogP contribution in [0, 0.1) is 10.1 Å². The molecular formula is C11H15N3O4. The van der Waals surface area contributed by atoms with Crippen LogP contribution in [0.3, 0.4) is 0 Å². The molecule has 1 rings (SSSR count). The SMILES string of the molecule is COc1ccc(NCC(=O)N(C)C)c([N+](=O)[O-])c1. The van der Waals surface area contributed by atoms with Crippen molar-refractivity contribution in [3.05, 3.63) is 28.3 Å². The minimum Gasteiger partial charge on any atom is -0.496 e. The first-order valence-electron chi connectivity index (χ1n) is 5.22. The molecular weight excluding hydrogens is 238 g/mol.